The SMILES string of the molecule is CCCCCC/C=C/C(O)C(CO)NC(=O)CCCCCCC/C=C\CCCCCCCC. The van der Waals surface area contributed by atoms with Crippen molar-refractivity contribution in [1.29, 1.82) is 0 Å². The highest BCUT2D eigenvalue weighted by Crippen LogP contribution is 2.10. The third kappa shape index (κ3) is 22.4. The molecule has 0 aromatic heterocycles. The lowest BCUT2D eigenvalue weighted by atomic mass is 10.1. The molecule has 1 amide bonds. The summed E-state index contributed by atoms with van der Waals surface area (Å²) >= 11 is 0. The molecule has 0 aromatic carbocycles. The Balaban J connectivity index is 3.65. The molecule has 33 heavy (non-hydrogen) atoms. The molecule has 0 spiro atoms. The first-order valence-corrected chi connectivity index (χ1v) is 14.1. The highest BCUT2D eigenvalue weighted by atomic mass is 16.3. The fourth-order valence-electron chi connectivity index (χ4n) is 3.93. The minimum absolute atomic E-state index is 0.0814. The van der Waals surface area contributed by atoms with Gasteiger partial charge in [0.05, 0.1) is 18.8 Å². The molecule has 0 saturated carbocycles. The third-order valence-electron chi connectivity index (χ3n) is 6.18. The van der Waals surface area contributed by atoms with Crippen molar-refractivity contribution in [3.05, 3.63) is 24.3 Å². The van der Waals surface area contributed by atoms with Crippen molar-refractivity contribution in [3.8, 4) is 0 Å². The first-order valence-electron chi connectivity index (χ1n) is 14.1. The van der Waals surface area contributed by atoms with Crippen LogP contribution in [0.15, 0.2) is 24.3 Å². The van der Waals surface area contributed by atoms with Gasteiger partial charge in [0.1, 0.15) is 0 Å². The first kappa shape index (κ1) is 31.9. The normalized spacial score (nSPS) is 13.7. The van der Waals surface area contributed by atoms with Gasteiger partial charge >= 0.3 is 0 Å². The molecule has 0 aliphatic heterocycles. The molecule has 0 radical (unpaired) electrons. The molecule has 0 aliphatic rings. The van der Waals surface area contributed by atoms with Gasteiger partial charge in [0.2, 0.25) is 5.91 Å². The van der Waals surface area contributed by atoms with Crippen LogP contribution in [0.1, 0.15) is 136 Å². The lowest BCUT2D eigenvalue weighted by molar-refractivity contribution is -0.123. The third-order valence-corrected chi connectivity index (χ3v) is 6.18. The molecule has 0 bridgehead atoms. The summed E-state index contributed by atoms with van der Waals surface area (Å²) in [7, 11) is 0. The van der Waals surface area contributed by atoms with Crippen molar-refractivity contribution in [2.75, 3.05) is 6.61 Å². The zero-order valence-corrected chi connectivity index (χ0v) is 21.9. The fraction of sp³-hybridized carbons (Fsp3) is 0.828. The van der Waals surface area contributed by atoms with Gasteiger partial charge in [-0.15, -0.1) is 0 Å². The summed E-state index contributed by atoms with van der Waals surface area (Å²) in [5.74, 6) is -0.0814. The molecule has 4 heteroatoms. The summed E-state index contributed by atoms with van der Waals surface area (Å²) in [5, 5.41) is 22.5. The summed E-state index contributed by atoms with van der Waals surface area (Å²) in [5.41, 5.74) is 0. The Hall–Kier alpha value is -1.13. The lowest BCUT2D eigenvalue weighted by Gasteiger charge is -2.20. The number of carbonyl (C=O) groups excluding carboxylic acids is 1. The monoisotopic (exact) mass is 465 g/mol. The van der Waals surface area contributed by atoms with E-state index in [1.807, 2.05) is 6.08 Å². The number of allylic oxidation sites excluding steroid dienone is 3. The summed E-state index contributed by atoms with van der Waals surface area (Å²) in [4.78, 5) is 12.1. The van der Waals surface area contributed by atoms with E-state index in [1.54, 1.807) is 6.08 Å². The van der Waals surface area contributed by atoms with Crippen LogP contribution in [-0.2, 0) is 4.79 Å². The van der Waals surface area contributed by atoms with E-state index >= 15 is 0 Å². The molecule has 0 aromatic rings. The van der Waals surface area contributed by atoms with Crippen LogP contribution < -0.4 is 5.32 Å². The van der Waals surface area contributed by atoms with Crippen LogP contribution in [0.4, 0.5) is 0 Å². The van der Waals surface area contributed by atoms with Gasteiger partial charge in [-0.05, 0) is 44.9 Å². The van der Waals surface area contributed by atoms with Crippen molar-refractivity contribution in [1.82, 2.24) is 5.32 Å². The van der Waals surface area contributed by atoms with E-state index in [-0.39, 0.29) is 12.5 Å². The fourth-order valence-corrected chi connectivity index (χ4v) is 3.93. The second-order valence-corrected chi connectivity index (χ2v) is 9.46. The van der Waals surface area contributed by atoms with Crippen molar-refractivity contribution in [2.24, 2.45) is 0 Å². The van der Waals surface area contributed by atoms with Crippen LogP contribution in [-0.4, -0.2) is 34.9 Å². The number of unbranched alkanes of at least 4 members (excludes halogenated alkanes) is 15. The molecule has 0 heterocycles. The van der Waals surface area contributed by atoms with E-state index < -0.39 is 12.1 Å². The van der Waals surface area contributed by atoms with Crippen molar-refractivity contribution >= 4 is 5.91 Å². The quantitative estimate of drug-likeness (QED) is 0.103. The van der Waals surface area contributed by atoms with Crippen LogP contribution in [0, 0.1) is 0 Å². The predicted octanol–water partition coefficient (Wildman–Crippen LogP) is 7.39. The minimum atomic E-state index is -0.834. The Morgan fingerprint density at radius 1 is 0.697 bits per heavy atom. The largest absolute Gasteiger partial charge is 0.394 e. The van der Waals surface area contributed by atoms with Gasteiger partial charge < -0.3 is 15.5 Å². The van der Waals surface area contributed by atoms with Crippen molar-refractivity contribution in [2.45, 2.75) is 148 Å². The highest BCUT2D eigenvalue weighted by molar-refractivity contribution is 5.76. The Morgan fingerprint density at radius 2 is 1.15 bits per heavy atom. The van der Waals surface area contributed by atoms with E-state index in [0.29, 0.717) is 6.42 Å². The zero-order valence-electron chi connectivity index (χ0n) is 21.9. The lowest BCUT2D eigenvalue weighted by Crippen LogP contribution is -2.45. The number of amides is 1. The van der Waals surface area contributed by atoms with Crippen LogP contribution in [0.2, 0.25) is 0 Å². The molecule has 0 rings (SSSR count). The van der Waals surface area contributed by atoms with E-state index in [9.17, 15) is 15.0 Å². The zero-order chi connectivity index (χ0) is 24.4. The minimum Gasteiger partial charge on any atom is -0.394 e. The van der Waals surface area contributed by atoms with E-state index in [1.165, 1.54) is 83.5 Å². The second-order valence-electron chi connectivity index (χ2n) is 9.46. The number of aliphatic hydroxyl groups is 2. The topological polar surface area (TPSA) is 69.6 Å². The van der Waals surface area contributed by atoms with Gasteiger partial charge in [-0.25, -0.2) is 0 Å². The van der Waals surface area contributed by atoms with Gasteiger partial charge in [0.25, 0.3) is 0 Å². The number of hydrogen-bond donors (Lipinski definition) is 3. The molecular weight excluding hydrogens is 410 g/mol. The summed E-state index contributed by atoms with van der Waals surface area (Å²) in [6.07, 6.45) is 29.7. The smallest absolute Gasteiger partial charge is 0.220 e. The number of hydrogen-bond acceptors (Lipinski definition) is 3. The van der Waals surface area contributed by atoms with Gasteiger partial charge in [-0.3, -0.25) is 4.79 Å². The average molecular weight is 466 g/mol. The maximum absolute atomic E-state index is 12.1. The number of carbonyl (C=O) groups is 1. The molecule has 194 valence electrons. The number of rotatable bonds is 24. The van der Waals surface area contributed by atoms with E-state index in [0.717, 1.165) is 32.1 Å². The van der Waals surface area contributed by atoms with E-state index in [2.05, 4.69) is 31.3 Å². The molecule has 2 atom stereocenters. The molecule has 0 fully saturated rings. The molecular formula is C29H55NO3. The van der Waals surface area contributed by atoms with Crippen LogP contribution in [0.5, 0.6) is 0 Å². The van der Waals surface area contributed by atoms with Gasteiger partial charge in [-0.2, -0.15) is 0 Å². The number of aliphatic hydroxyl groups excluding tert-OH is 2. The van der Waals surface area contributed by atoms with Crippen LogP contribution >= 0.6 is 0 Å². The maximum Gasteiger partial charge on any atom is 0.220 e. The van der Waals surface area contributed by atoms with Crippen molar-refractivity contribution < 1.29 is 15.0 Å². The predicted molar refractivity (Wildman–Crippen MR) is 142 cm³/mol. The summed E-state index contributed by atoms with van der Waals surface area (Å²) in [6, 6.07) is -0.618. The van der Waals surface area contributed by atoms with Crippen molar-refractivity contribution in [3.63, 3.8) is 0 Å². The Bertz CT molecular complexity index is 475. The Kier molecular flexibility index (Phi) is 24.6. The average Bonchev–Trinajstić information content (AvgIpc) is 2.82. The van der Waals surface area contributed by atoms with Crippen LogP contribution in [0.25, 0.3) is 0 Å². The highest BCUT2D eigenvalue weighted by Gasteiger charge is 2.17. The summed E-state index contributed by atoms with van der Waals surface area (Å²) < 4.78 is 0. The molecule has 4 nitrogen and oxygen atoms in total. The van der Waals surface area contributed by atoms with Gasteiger partial charge in [0, 0.05) is 6.42 Å². The Morgan fingerprint density at radius 3 is 1.70 bits per heavy atom. The summed E-state index contributed by atoms with van der Waals surface area (Å²) in [6.45, 7) is 4.20. The molecule has 2 unspecified atom stereocenters. The van der Waals surface area contributed by atoms with E-state index in [4.69, 9.17) is 0 Å². The number of nitrogens with one attached hydrogen (secondary N) is 1. The maximum atomic E-state index is 12.1. The molecule has 0 saturated heterocycles. The van der Waals surface area contributed by atoms with Gasteiger partial charge in [0.15, 0.2) is 0 Å². The van der Waals surface area contributed by atoms with Gasteiger partial charge in [-0.1, -0.05) is 109 Å². The van der Waals surface area contributed by atoms with Crippen LogP contribution in [0.3, 0.4) is 0 Å². The second kappa shape index (κ2) is 25.5. The molecule has 0 aliphatic carbocycles. The standard InChI is InChI=1S/C29H55NO3/c1-3-5-7-9-11-12-13-14-15-16-17-18-19-21-23-25-29(33)30-27(26-31)28(32)24-22-20-10-8-6-4-2/h14-15,22,24,27-28,31-32H,3-13,16-21,23,25-26H2,1-2H3,(H,30,33)/b15-14-,24-22+. The Labute approximate surface area is 205 Å². The first-order chi connectivity index (χ1) is 16.2. The molecule has 3 N–H and O–H groups in total.